The first kappa shape index (κ1) is 29.8. The Morgan fingerprint density at radius 2 is 1.41 bits per heavy atom. The molecule has 2 unspecified atom stereocenters. The van der Waals surface area contributed by atoms with Crippen LogP contribution >= 0.6 is 0 Å². The zero-order chi connectivity index (χ0) is 27.6. The lowest BCUT2D eigenvalue weighted by molar-refractivity contribution is -0.131. The molecule has 8 heteroatoms. The van der Waals surface area contributed by atoms with Crippen molar-refractivity contribution in [3.05, 3.63) is 71.8 Å². The van der Waals surface area contributed by atoms with Crippen LogP contribution in [0.15, 0.2) is 60.7 Å². The van der Waals surface area contributed by atoms with Crippen LogP contribution < -0.4 is 16.4 Å². The Bertz CT molecular complexity index is 1010. The maximum absolute atomic E-state index is 13.4. The van der Waals surface area contributed by atoms with Crippen molar-refractivity contribution in [2.75, 3.05) is 0 Å². The van der Waals surface area contributed by atoms with Crippen molar-refractivity contribution in [3.63, 3.8) is 0 Å². The largest absolute Gasteiger partial charge is 0.444 e. The number of nitrogens with one attached hydrogen (secondary N) is 2. The molecule has 0 aliphatic carbocycles. The highest BCUT2D eigenvalue weighted by atomic mass is 16.6. The minimum atomic E-state index is -1.07. The van der Waals surface area contributed by atoms with Crippen molar-refractivity contribution in [3.8, 4) is 0 Å². The standard InChI is InChI=1S/C29H41N3O5/c1-19(2)25(26(30)34)32-27(35)22(16-20-12-8-6-9-13-20)18-24(33)23(17-21-14-10-7-11-15-21)31-28(36)37-29(3,4)5/h6-15,19,22-25,33H,16-18H2,1-5H3,(H2,30,34)(H,31,36)(H,32,35)/t22-,23?,24+,25?/m1/s1. The van der Waals surface area contributed by atoms with E-state index in [0.29, 0.717) is 12.8 Å². The number of rotatable bonds is 12. The summed E-state index contributed by atoms with van der Waals surface area (Å²) in [7, 11) is 0. The van der Waals surface area contributed by atoms with Gasteiger partial charge in [0.05, 0.1) is 12.1 Å². The second-order valence-corrected chi connectivity index (χ2v) is 10.8. The Balaban J connectivity index is 2.28. The molecule has 0 saturated carbocycles. The van der Waals surface area contributed by atoms with Crippen LogP contribution in [0.1, 0.15) is 52.2 Å². The maximum atomic E-state index is 13.4. The second kappa shape index (κ2) is 13.8. The average Bonchev–Trinajstić information content (AvgIpc) is 2.81. The molecule has 2 aromatic rings. The average molecular weight is 512 g/mol. The van der Waals surface area contributed by atoms with E-state index in [9.17, 15) is 19.5 Å². The van der Waals surface area contributed by atoms with E-state index in [2.05, 4.69) is 10.6 Å². The second-order valence-electron chi connectivity index (χ2n) is 10.8. The van der Waals surface area contributed by atoms with Gasteiger partial charge in [-0.05, 0) is 57.1 Å². The highest BCUT2D eigenvalue weighted by molar-refractivity contribution is 5.87. The van der Waals surface area contributed by atoms with Crippen molar-refractivity contribution in [1.29, 1.82) is 0 Å². The Morgan fingerprint density at radius 3 is 1.86 bits per heavy atom. The van der Waals surface area contributed by atoms with E-state index in [-0.39, 0.29) is 18.2 Å². The topological polar surface area (TPSA) is 131 Å². The number of benzene rings is 2. The SMILES string of the molecule is CC(C)C(NC(=O)[C@H](Cc1ccccc1)C[C@H](O)C(Cc1ccccc1)NC(=O)OC(C)(C)C)C(N)=O. The van der Waals surface area contributed by atoms with Crippen LogP contribution in [0.3, 0.4) is 0 Å². The molecule has 202 valence electrons. The summed E-state index contributed by atoms with van der Waals surface area (Å²) >= 11 is 0. The lowest BCUT2D eigenvalue weighted by Crippen LogP contribution is -2.51. The van der Waals surface area contributed by atoms with Gasteiger partial charge in [-0.15, -0.1) is 0 Å². The van der Waals surface area contributed by atoms with Gasteiger partial charge in [0, 0.05) is 5.92 Å². The van der Waals surface area contributed by atoms with Crippen LogP contribution in [0, 0.1) is 11.8 Å². The highest BCUT2D eigenvalue weighted by Gasteiger charge is 2.32. The third-order valence-electron chi connectivity index (χ3n) is 5.96. The molecule has 0 bridgehead atoms. The monoisotopic (exact) mass is 511 g/mol. The molecule has 0 aliphatic rings. The number of alkyl carbamates (subject to hydrolysis) is 1. The van der Waals surface area contributed by atoms with Gasteiger partial charge in [-0.3, -0.25) is 9.59 Å². The molecule has 37 heavy (non-hydrogen) atoms. The molecule has 8 nitrogen and oxygen atoms in total. The molecule has 0 radical (unpaired) electrons. The van der Waals surface area contributed by atoms with Crippen molar-refractivity contribution >= 4 is 17.9 Å². The molecule has 0 saturated heterocycles. The van der Waals surface area contributed by atoms with Gasteiger partial charge in [0.1, 0.15) is 11.6 Å². The number of hydrogen-bond acceptors (Lipinski definition) is 5. The lowest BCUT2D eigenvalue weighted by atomic mass is 9.88. The number of aliphatic hydroxyl groups excluding tert-OH is 1. The van der Waals surface area contributed by atoms with E-state index in [0.717, 1.165) is 11.1 Å². The predicted octanol–water partition coefficient (Wildman–Crippen LogP) is 3.36. The maximum Gasteiger partial charge on any atom is 0.407 e. The zero-order valence-electron chi connectivity index (χ0n) is 22.4. The Morgan fingerprint density at radius 1 is 0.892 bits per heavy atom. The first-order chi connectivity index (χ1) is 17.4. The summed E-state index contributed by atoms with van der Waals surface area (Å²) in [5.41, 5.74) is 6.64. The fraction of sp³-hybridized carbons (Fsp3) is 0.483. The van der Waals surface area contributed by atoms with Crippen molar-refractivity contribution in [2.24, 2.45) is 17.6 Å². The first-order valence-corrected chi connectivity index (χ1v) is 12.7. The summed E-state index contributed by atoms with van der Waals surface area (Å²) < 4.78 is 5.42. The van der Waals surface area contributed by atoms with Crippen molar-refractivity contribution in [1.82, 2.24) is 10.6 Å². The van der Waals surface area contributed by atoms with Crippen molar-refractivity contribution in [2.45, 2.75) is 77.7 Å². The van der Waals surface area contributed by atoms with Crippen molar-refractivity contribution < 1.29 is 24.2 Å². The van der Waals surface area contributed by atoms with E-state index >= 15 is 0 Å². The predicted molar refractivity (Wildman–Crippen MR) is 144 cm³/mol. The molecule has 3 amide bonds. The Hall–Kier alpha value is -3.39. The van der Waals surface area contributed by atoms with E-state index in [1.54, 1.807) is 34.6 Å². The molecule has 0 heterocycles. The molecular formula is C29H41N3O5. The number of ether oxygens (including phenoxy) is 1. The summed E-state index contributed by atoms with van der Waals surface area (Å²) in [6.07, 6.45) is -0.977. The zero-order valence-corrected chi connectivity index (χ0v) is 22.4. The summed E-state index contributed by atoms with van der Waals surface area (Å²) in [6, 6.07) is 17.4. The van der Waals surface area contributed by atoms with Crippen LogP contribution in [0.2, 0.25) is 0 Å². The van der Waals surface area contributed by atoms with Gasteiger partial charge in [0.25, 0.3) is 0 Å². The third kappa shape index (κ3) is 10.6. The molecular weight excluding hydrogens is 470 g/mol. The number of aliphatic hydroxyl groups is 1. The number of carbonyl (C=O) groups is 3. The number of nitrogens with two attached hydrogens (primary N) is 1. The normalized spacial score (nSPS) is 14.8. The Labute approximate surface area is 220 Å². The molecule has 2 aromatic carbocycles. The molecule has 2 rings (SSSR count). The molecule has 0 aliphatic heterocycles. The lowest BCUT2D eigenvalue weighted by Gasteiger charge is -2.30. The molecule has 0 aromatic heterocycles. The van der Waals surface area contributed by atoms with E-state index in [4.69, 9.17) is 10.5 Å². The van der Waals surface area contributed by atoms with Gasteiger partial charge in [-0.1, -0.05) is 74.5 Å². The minimum absolute atomic E-state index is 0.0532. The smallest absolute Gasteiger partial charge is 0.407 e. The summed E-state index contributed by atoms with van der Waals surface area (Å²) in [5.74, 6) is -1.85. The van der Waals surface area contributed by atoms with Gasteiger partial charge in [0.2, 0.25) is 11.8 Å². The number of primary amides is 1. The number of amides is 3. The fourth-order valence-electron chi connectivity index (χ4n) is 4.09. The van der Waals surface area contributed by atoms with E-state index in [1.165, 1.54) is 0 Å². The quantitative estimate of drug-likeness (QED) is 0.347. The Kier molecular flexibility index (Phi) is 11.1. The minimum Gasteiger partial charge on any atom is -0.444 e. The van der Waals surface area contributed by atoms with Gasteiger partial charge in [-0.2, -0.15) is 0 Å². The van der Waals surface area contributed by atoms with E-state index in [1.807, 2.05) is 60.7 Å². The number of carbonyl (C=O) groups excluding carboxylic acids is 3. The molecule has 0 fully saturated rings. The van der Waals surface area contributed by atoms with Crippen LogP contribution in [0.4, 0.5) is 4.79 Å². The summed E-state index contributed by atoms with van der Waals surface area (Å²) in [4.78, 5) is 37.9. The highest BCUT2D eigenvalue weighted by Crippen LogP contribution is 2.20. The van der Waals surface area contributed by atoms with Gasteiger partial charge >= 0.3 is 6.09 Å². The van der Waals surface area contributed by atoms with Gasteiger partial charge in [0.15, 0.2) is 0 Å². The van der Waals surface area contributed by atoms with Crippen LogP contribution in [0.5, 0.6) is 0 Å². The summed E-state index contributed by atoms with van der Waals surface area (Å²) in [5, 5.41) is 16.9. The van der Waals surface area contributed by atoms with Crippen LogP contribution in [0.25, 0.3) is 0 Å². The molecule has 4 atom stereocenters. The molecule has 0 spiro atoms. The fourth-order valence-corrected chi connectivity index (χ4v) is 4.09. The van der Waals surface area contributed by atoms with Crippen LogP contribution in [-0.4, -0.2) is 46.8 Å². The number of hydrogen-bond donors (Lipinski definition) is 4. The van der Waals surface area contributed by atoms with Gasteiger partial charge < -0.3 is 26.2 Å². The summed E-state index contributed by atoms with van der Waals surface area (Å²) in [6.45, 7) is 8.90. The van der Waals surface area contributed by atoms with Crippen LogP contribution in [-0.2, 0) is 27.2 Å². The third-order valence-corrected chi connectivity index (χ3v) is 5.96. The van der Waals surface area contributed by atoms with E-state index < -0.39 is 41.7 Å². The molecule has 5 N–H and O–H groups in total. The first-order valence-electron chi connectivity index (χ1n) is 12.7. The van der Waals surface area contributed by atoms with Gasteiger partial charge in [-0.25, -0.2) is 4.79 Å².